The molecule has 1 saturated heterocycles. The summed E-state index contributed by atoms with van der Waals surface area (Å²) in [4.78, 5) is 4.25. The van der Waals surface area contributed by atoms with E-state index in [1.54, 1.807) is 12.1 Å². The van der Waals surface area contributed by atoms with E-state index in [-0.39, 0.29) is 11.9 Å². The van der Waals surface area contributed by atoms with E-state index in [0.717, 1.165) is 31.5 Å². The van der Waals surface area contributed by atoms with Crippen LogP contribution in [0, 0.1) is 5.82 Å². The van der Waals surface area contributed by atoms with Gasteiger partial charge in [-0.3, -0.25) is 0 Å². The third kappa shape index (κ3) is 3.20. The van der Waals surface area contributed by atoms with E-state index in [4.69, 9.17) is 9.26 Å². The lowest BCUT2D eigenvalue weighted by atomic mass is 10.1. The molecule has 106 valence electrons. The fourth-order valence-electron chi connectivity index (χ4n) is 2.18. The molecule has 20 heavy (non-hydrogen) atoms. The number of benzene rings is 1. The predicted octanol–water partition coefficient (Wildman–Crippen LogP) is 2.14. The van der Waals surface area contributed by atoms with E-state index in [9.17, 15) is 4.39 Å². The van der Waals surface area contributed by atoms with E-state index in [1.807, 2.05) is 0 Å². The highest BCUT2D eigenvalue weighted by Gasteiger charge is 2.15. The molecule has 1 aliphatic heterocycles. The van der Waals surface area contributed by atoms with Crippen molar-refractivity contribution in [2.45, 2.75) is 25.6 Å². The van der Waals surface area contributed by atoms with E-state index in [1.165, 1.54) is 12.1 Å². The van der Waals surface area contributed by atoms with Gasteiger partial charge in [0, 0.05) is 5.56 Å². The fraction of sp³-hybridized carbons (Fsp3) is 0.429. The Morgan fingerprint density at radius 1 is 1.25 bits per heavy atom. The van der Waals surface area contributed by atoms with Gasteiger partial charge in [0.25, 0.3) is 5.89 Å². The van der Waals surface area contributed by atoms with Crippen molar-refractivity contribution in [3.63, 3.8) is 0 Å². The average Bonchev–Trinajstić information content (AvgIpc) is 2.96. The molecule has 0 bridgehead atoms. The van der Waals surface area contributed by atoms with Crippen LogP contribution in [0.15, 0.2) is 28.8 Å². The first-order chi connectivity index (χ1) is 9.81. The Morgan fingerprint density at radius 2 is 2.00 bits per heavy atom. The summed E-state index contributed by atoms with van der Waals surface area (Å²) in [5.74, 6) is 0.614. The van der Waals surface area contributed by atoms with Crippen molar-refractivity contribution < 1.29 is 13.7 Å². The lowest BCUT2D eigenvalue weighted by Crippen LogP contribution is -2.32. The first-order valence-electron chi connectivity index (χ1n) is 6.72. The van der Waals surface area contributed by atoms with Gasteiger partial charge in [0.05, 0.1) is 6.10 Å². The van der Waals surface area contributed by atoms with Gasteiger partial charge in [0.1, 0.15) is 12.4 Å². The minimum Gasteiger partial charge on any atom is -0.368 e. The third-order valence-corrected chi connectivity index (χ3v) is 3.30. The maximum atomic E-state index is 12.8. The lowest BCUT2D eigenvalue weighted by Gasteiger charge is -2.21. The van der Waals surface area contributed by atoms with E-state index >= 15 is 0 Å². The van der Waals surface area contributed by atoms with Gasteiger partial charge in [0.15, 0.2) is 0 Å². The van der Waals surface area contributed by atoms with Crippen molar-refractivity contribution in [2.75, 3.05) is 13.1 Å². The van der Waals surface area contributed by atoms with Crippen LogP contribution in [0.2, 0.25) is 0 Å². The Hall–Kier alpha value is -1.79. The molecule has 3 rings (SSSR count). The molecule has 0 amide bonds. The summed E-state index contributed by atoms with van der Waals surface area (Å²) >= 11 is 0. The first kappa shape index (κ1) is 13.2. The number of ether oxygens (including phenoxy) is 1. The van der Waals surface area contributed by atoms with Crippen molar-refractivity contribution >= 4 is 0 Å². The van der Waals surface area contributed by atoms with Gasteiger partial charge in [-0.25, -0.2) is 4.39 Å². The lowest BCUT2D eigenvalue weighted by molar-refractivity contribution is 0.00859. The van der Waals surface area contributed by atoms with Crippen molar-refractivity contribution in [1.29, 1.82) is 0 Å². The molecule has 0 radical (unpaired) electrons. The molecule has 0 spiro atoms. The van der Waals surface area contributed by atoms with Crippen molar-refractivity contribution in [3.05, 3.63) is 36.0 Å². The smallest absolute Gasteiger partial charge is 0.252 e. The van der Waals surface area contributed by atoms with Crippen LogP contribution in [0.3, 0.4) is 0 Å². The molecule has 0 atom stereocenters. The summed E-state index contributed by atoms with van der Waals surface area (Å²) in [5.41, 5.74) is 0.725. The minimum atomic E-state index is -0.285. The van der Waals surface area contributed by atoms with E-state index in [0.29, 0.717) is 18.3 Å². The number of halogens is 1. The van der Waals surface area contributed by atoms with Crippen molar-refractivity contribution in [1.82, 2.24) is 15.5 Å². The molecule has 1 N–H and O–H groups in total. The molecule has 1 fully saturated rings. The minimum absolute atomic E-state index is 0.248. The van der Waals surface area contributed by atoms with Gasteiger partial charge in [-0.15, -0.1) is 0 Å². The van der Waals surface area contributed by atoms with Crippen LogP contribution in [0.1, 0.15) is 18.7 Å². The maximum Gasteiger partial charge on any atom is 0.252 e. The van der Waals surface area contributed by atoms with Crippen LogP contribution >= 0.6 is 0 Å². The summed E-state index contributed by atoms with van der Waals surface area (Å²) in [6.45, 7) is 2.28. The molecule has 0 saturated carbocycles. The molecule has 1 aliphatic rings. The molecule has 1 aromatic heterocycles. The highest BCUT2D eigenvalue weighted by Crippen LogP contribution is 2.17. The molecule has 1 aromatic carbocycles. The van der Waals surface area contributed by atoms with Crippen LogP contribution in [0.5, 0.6) is 0 Å². The highest BCUT2D eigenvalue weighted by atomic mass is 19.1. The number of nitrogens with zero attached hydrogens (tertiary/aromatic N) is 2. The second-order valence-corrected chi connectivity index (χ2v) is 4.78. The zero-order valence-electron chi connectivity index (χ0n) is 11.0. The summed E-state index contributed by atoms with van der Waals surface area (Å²) in [5, 5.41) is 7.16. The third-order valence-electron chi connectivity index (χ3n) is 3.30. The van der Waals surface area contributed by atoms with Gasteiger partial charge in [-0.1, -0.05) is 5.16 Å². The molecule has 5 nitrogen and oxygen atoms in total. The van der Waals surface area contributed by atoms with Gasteiger partial charge in [-0.05, 0) is 50.2 Å². The van der Waals surface area contributed by atoms with E-state index in [2.05, 4.69) is 15.5 Å². The molecule has 2 heterocycles. The molecule has 0 aliphatic carbocycles. The van der Waals surface area contributed by atoms with Crippen LogP contribution in [-0.4, -0.2) is 29.3 Å². The summed E-state index contributed by atoms with van der Waals surface area (Å²) in [6.07, 6.45) is 2.25. The number of aromatic nitrogens is 2. The molecular formula is C14H16FN3O2. The quantitative estimate of drug-likeness (QED) is 0.927. The van der Waals surface area contributed by atoms with E-state index < -0.39 is 0 Å². The zero-order valence-corrected chi connectivity index (χ0v) is 11.0. The van der Waals surface area contributed by atoms with Crippen molar-refractivity contribution in [2.24, 2.45) is 0 Å². The number of nitrogens with one attached hydrogen (secondary N) is 1. The average molecular weight is 277 g/mol. The Kier molecular flexibility index (Phi) is 4.03. The molecule has 2 aromatic rings. The second-order valence-electron chi connectivity index (χ2n) is 4.78. The fourth-order valence-corrected chi connectivity index (χ4v) is 2.18. The van der Waals surface area contributed by atoms with Crippen molar-refractivity contribution in [3.8, 4) is 11.4 Å². The van der Waals surface area contributed by atoms with Gasteiger partial charge >= 0.3 is 0 Å². The molecular weight excluding hydrogens is 261 g/mol. The van der Waals surface area contributed by atoms with Gasteiger partial charge < -0.3 is 14.6 Å². The Labute approximate surface area is 116 Å². The number of hydrogen-bond donors (Lipinski definition) is 1. The summed E-state index contributed by atoms with van der Waals surface area (Å²) in [7, 11) is 0. The first-order valence-corrected chi connectivity index (χ1v) is 6.72. The van der Waals surface area contributed by atoms with Crippen LogP contribution in [-0.2, 0) is 11.3 Å². The monoisotopic (exact) mass is 277 g/mol. The largest absolute Gasteiger partial charge is 0.368 e. The maximum absolute atomic E-state index is 12.8. The van der Waals surface area contributed by atoms with Crippen LogP contribution < -0.4 is 5.32 Å². The normalized spacial score (nSPS) is 16.4. The highest BCUT2D eigenvalue weighted by molar-refractivity contribution is 5.53. The Morgan fingerprint density at radius 3 is 2.75 bits per heavy atom. The molecule has 0 unspecified atom stereocenters. The number of hydrogen-bond acceptors (Lipinski definition) is 5. The molecule has 6 heteroatoms. The Bertz CT molecular complexity index is 550. The Balaban J connectivity index is 1.60. The number of piperidine rings is 1. The van der Waals surface area contributed by atoms with Crippen LogP contribution in [0.25, 0.3) is 11.4 Å². The summed E-state index contributed by atoms with van der Waals surface area (Å²) in [6, 6.07) is 5.99. The van der Waals surface area contributed by atoms with Gasteiger partial charge in [0.2, 0.25) is 5.82 Å². The second kappa shape index (κ2) is 6.11. The standard InChI is InChI=1S/C14H16FN3O2/c15-11-3-1-10(2-4-11)14-17-13(20-18-14)9-19-12-5-7-16-8-6-12/h1-4,12,16H,5-9H2. The number of rotatable bonds is 4. The SMILES string of the molecule is Fc1ccc(-c2noc(COC3CCNCC3)n2)cc1. The zero-order chi connectivity index (χ0) is 13.8. The van der Waals surface area contributed by atoms with Crippen LogP contribution in [0.4, 0.5) is 4.39 Å². The van der Waals surface area contributed by atoms with Gasteiger partial charge in [-0.2, -0.15) is 4.98 Å². The summed E-state index contributed by atoms with van der Waals surface area (Å²) < 4.78 is 23.7. The topological polar surface area (TPSA) is 60.2 Å². The predicted molar refractivity (Wildman–Crippen MR) is 70.4 cm³/mol.